The average Bonchev–Trinajstić information content (AvgIpc) is 2.74. The van der Waals surface area contributed by atoms with Crippen LogP contribution in [0.4, 0.5) is 10.7 Å². The van der Waals surface area contributed by atoms with Crippen molar-refractivity contribution in [3.8, 4) is 0 Å². The third-order valence-corrected chi connectivity index (χ3v) is 4.16. The molecule has 0 amide bonds. The number of thiophene rings is 1. The predicted octanol–water partition coefficient (Wildman–Crippen LogP) is 2.79. The molecule has 2 rings (SSSR count). The van der Waals surface area contributed by atoms with Gasteiger partial charge in [-0.2, -0.15) is 0 Å². The van der Waals surface area contributed by atoms with Crippen molar-refractivity contribution in [2.45, 2.75) is 31.6 Å². The number of carbonyl (C=O) groups is 1. The molecular weight excluding hydrogens is 260 g/mol. The van der Waals surface area contributed by atoms with Crippen molar-refractivity contribution in [2.75, 3.05) is 0 Å². The van der Waals surface area contributed by atoms with Gasteiger partial charge < -0.3 is 0 Å². The summed E-state index contributed by atoms with van der Waals surface area (Å²) in [6, 6.07) is 0.946. The Labute approximate surface area is 106 Å². The van der Waals surface area contributed by atoms with Crippen molar-refractivity contribution < 1.29 is 14.6 Å². The van der Waals surface area contributed by atoms with Crippen LogP contribution in [-0.4, -0.2) is 15.6 Å². The van der Waals surface area contributed by atoms with Gasteiger partial charge >= 0.3 is 5.00 Å². The van der Waals surface area contributed by atoms with Crippen molar-refractivity contribution >= 4 is 27.8 Å². The van der Waals surface area contributed by atoms with Crippen molar-refractivity contribution in [3.63, 3.8) is 0 Å². The fourth-order valence-electron chi connectivity index (χ4n) is 2.13. The number of hydrogen-bond donors (Lipinski definition) is 0. The van der Waals surface area contributed by atoms with Gasteiger partial charge in [-0.1, -0.05) is 17.8 Å². The average molecular weight is 270 g/mol. The molecule has 8 heteroatoms. The summed E-state index contributed by atoms with van der Waals surface area (Å²) in [4.78, 5) is 32.2. The van der Waals surface area contributed by atoms with Crippen LogP contribution in [0.25, 0.3) is 0 Å². The predicted molar refractivity (Wildman–Crippen MR) is 63.8 cm³/mol. The highest BCUT2D eigenvalue weighted by Gasteiger charge is 2.34. The minimum absolute atomic E-state index is 0.0545. The van der Waals surface area contributed by atoms with Gasteiger partial charge in [-0.3, -0.25) is 25.0 Å². The number of carbonyl (C=O) groups excluding carboxylic acids is 1. The van der Waals surface area contributed by atoms with E-state index < -0.39 is 15.8 Å². The van der Waals surface area contributed by atoms with Gasteiger partial charge in [-0.15, -0.1) is 0 Å². The Morgan fingerprint density at radius 2 is 1.94 bits per heavy atom. The maximum atomic E-state index is 11.8. The first-order valence-electron chi connectivity index (χ1n) is 5.46. The standard InChI is InChI=1S/C10H10N2O5S/c13-8-4-2-1-3-6(8)10-7(11(14)15)5-9(18-10)12(16)17/h5-6H,1-4H2/t6-/m1/s1. The number of rotatable bonds is 3. The molecule has 0 aliphatic heterocycles. The summed E-state index contributed by atoms with van der Waals surface area (Å²) in [6.45, 7) is 0. The molecule has 1 atom stereocenters. The second kappa shape index (κ2) is 4.81. The molecule has 0 spiro atoms. The lowest BCUT2D eigenvalue weighted by Gasteiger charge is -2.18. The van der Waals surface area contributed by atoms with E-state index in [-0.39, 0.29) is 21.3 Å². The molecule has 1 aliphatic rings. The quantitative estimate of drug-likeness (QED) is 0.620. The van der Waals surface area contributed by atoms with Crippen LogP contribution in [0.3, 0.4) is 0 Å². The van der Waals surface area contributed by atoms with E-state index in [0.29, 0.717) is 12.8 Å². The second-order valence-electron chi connectivity index (χ2n) is 4.11. The highest BCUT2D eigenvalue weighted by molar-refractivity contribution is 7.16. The molecule has 1 aromatic rings. The summed E-state index contributed by atoms with van der Waals surface area (Å²) in [5.41, 5.74) is -0.299. The minimum atomic E-state index is -0.658. The van der Waals surface area contributed by atoms with Gasteiger partial charge in [-0.05, 0) is 12.8 Å². The van der Waals surface area contributed by atoms with E-state index >= 15 is 0 Å². The van der Waals surface area contributed by atoms with E-state index in [1.807, 2.05) is 0 Å². The van der Waals surface area contributed by atoms with Crippen molar-refractivity contribution in [2.24, 2.45) is 0 Å². The zero-order chi connectivity index (χ0) is 13.3. The third kappa shape index (κ3) is 2.23. The lowest BCUT2D eigenvalue weighted by atomic mass is 9.86. The summed E-state index contributed by atoms with van der Waals surface area (Å²) < 4.78 is 0. The summed E-state index contributed by atoms with van der Waals surface area (Å²) in [5, 5.41) is 21.3. The van der Waals surface area contributed by atoms with Gasteiger partial charge in [0.25, 0.3) is 5.69 Å². The summed E-state index contributed by atoms with van der Waals surface area (Å²) in [7, 11) is 0. The largest absolute Gasteiger partial charge is 0.331 e. The van der Waals surface area contributed by atoms with Crippen molar-refractivity contribution in [3.05, 3.63) is 31.2 Å². The fraction of sp³-hybridized carbons (Fsp3) is 0.500. The first kappa shape index (κ1) is 12.6. The molecule has 1 fully saturated rings. The molecule has 0 saturated heterocycles. The topological polar surface area (TPSA) is 103 Å². The Kier molecular flexibility index (Phi) is 3.37. The van der Waals surface area contributed by atoms with Gasteiger partial charge in [0.1, 0.15) is 11.8 Å². The zero-order valence-corrected chi connectivity index (χ0v) is 10.1. The van der Waals surface area contributed by atoms with E-state index in [2.05, 4.69) is 0 Å². The zero-order valence-electron chi connectivity index (χ0n) is 9.33. The lowest BCUT2D eigenvalue weighted by Crippen LogP contribution is -2.16. The van der Waals surface area contributed by atoms with Gasteiger partial charge in [0, 0.05) is 6.42 Å². The molecule has 96 valence electrons. The van der Waals surface area contributed by atoms with Crippen molar-refractivity contribution in [1.29, 1.82) is 0 Å². The Hall–Kier alpha value is -1.83. The van der Waals surface area contributed by atoms with Gasteiger partial charge in [0.15, 0.2) is 0 Å². The molecule has 0 aromatic carbocycles. The van der Waals surface area contributed by atoms with Crippen LogP contribution in [0, 0.1) is 20.2 Å². The summed E-state index contributed by atoms with van der Waals surface area (Å²) in [5.74, 6) is -0.598. The normalized spacial score (nSPS) is 19.8. The molecule has 7 nitrogen and oxygen atoms in total. The van der Waals surface area contributed by atoms with Crippen LogP contribution in [0.5, 0.6) is 0 Å². The van der Waals surface area contributed by atoms with Crippen LogP contribution >= 0.6 is 11.3 Å². The van der Waals surface area contributed by atoms with Crippen LogP contribution in [-0.2, 0) is 4.79 Å². The van der Waals surface area contributed by atoms with Gasteiger partial charge in [0.05, 0.1) is 20.6 Å². The van der Waals surface area contributed by atoms with E-state index in [9.17, 15) is 25.0 Å². The fourth-order valence-corrected chi connectivity index (χ4v) is 3.22. The van der Waals surface area contributed by atoms with Gasteiger partial charge in [-0.25, -0.2) is 0 Å². The Morgan fingerprint density at radius 1 is 1.22 bits per heavy atom. The summed E-state index contributed by atoms with van der Waals surface area (Å²) in [6.07, 6.45) is 2.54. The van der Waals surface area contributed by atoms with Crippen molar-refractivity contribution in [1.82, 2.24) is 0 Å². The lowest BCUT2D eigenvalue weighted by molar-refractivity contribution is -0.390. The first-order valence-corrected chi connectivity index (χ1v) is 6.27. The molecule has 0 N–H and O–H groups in total. The number of hydrogen-bond acceptors (Lipinski definition) is 6. The number of nitro groups is 2. The monoisotopic (exact) mass is 270 g/mol. The van der Waals surface area contributed by atoms with Crippen LogP contribution in [0.15, 0.2) is 6.07 Å². The Bertz CT molecular complexity index is 524. The van der Waals surface area contributed by atoms with Crippen LogP contribution in [0.1, 0.15) is 36.5 Å². The third-order valence-electron chi connectivity index (χ3n) is 2.97. The molecule has 0 radical (unpaired) electrons. The molecule has 1 saturated carbocycles. The SMILES string of the molecule is O=C1CCCC[C@H]1c1sc([N+](=O)[O-])cc1[N+](=O)[O-]. The molecule has 1 aromatic heterocycles. The second-order valence-corrected chi connectivity index (χ2v) is 5.18. The Balaban J connectivity index is 2.44. The molecule has 0 unspecified atom stereocenters. The first-order chi connectivity index (χ1) is 8.50. The maximum Gasteiger partial charge on any atom is 0.331 e. The number of nitrogens with zero attached hydrogens (tertiary/aromatic N) is 2. The van der Waals surface area contributed by atoms with E-state index in [4.69, 9.17) is 0 Å². The Morgan fingerprint density at radius 3 is 2.50 bits per heavy atom. The van der Waals surface area contributed by atoms with E-state index in [1.54, 1.807) is 0 Å². The molecule has 18 heavy (non-hydrogen) atoms. The van der Waals surface area contributed by atoms with E-state index in [1.165, 1.54) is 0 Å². The minimum Gasteiger partial charge on any atom is -0.299 e. The van der Waals surface area contributed by atoms with Gasteiger partial charge in [0.2, 0.25) is 0 Å². The molecular formula is C10H10N2O5S. The van der Waals surface area contributed by atoms with E-state index in [0.717, 1.165) is 30.2 Å². The van der Waals surface area contributed by atoms with Crippen LogP contribution < -0.4 is 0 Å². The maximum absolute atomic E-state index is 11.8. The highest BCUT2D eigenvalue weighted by Crippen LogP contribution is 2.43. The molecule has 1 heterocycles. The summed E-state index contributed by atoms with van der Waals surface area (Å²) >= 11 is 0.745. The number of Topliss-reactive ketones (excluding diaryl/α,β-unsaturated/α-hetero) is 1. The molecule has 0 bridgehead atoms. The smallest absolute Gasteiger partial charge is 0.299 e. The van der Waals surface area contributed by atoms with Crippen LogP contribution in [0.2, 0.25) is 0 Å². The highest BCUT2D eigenvalue weighted by atomic mass is 32.1. The number of ketones is 1. The molecule has 1 aliphatic carbocycles.